The normalized spacial score (nSPS) is 19.2. The van der Waals surface area contributed by atoms with E-state index in [2.05, 4.69) is 5.32 Å². The Bertz CT molecular complexity index is 453. The van der Waals surface area contributed by atoms with Gasteiger partial charge in [0.05, 0.1) is 6.54 Å². The number of aryl methyl sites for hydroxylation is 1. The van der Waals surface area contributed by atoms with Crippen LogP contribution in [0.25, 0.3) is 0 Å². The van der Waals surface area contributed by atoms with Crippen molar-refractivity contribution in [3.63, 3.8) is 0 Å². The molecule has 1 unspecified atom stereocenters. The molecular formula is C14H18N2O2. The zero-order chi connectivity index (χ0) is 13.1. The molecule has 0 radical (unpaired) electrons. The average molecular weight is 246 g/mol. The lowest BCUT2D eigenvalue weighted by atomic mass is 10.1. The van der Waals surface area contributed by atoms with Crippen molar-refractivity contribution in [3.8, 4) is 0 Å². The second kappa shape index (κ2) is 5.21. The molecule has 4 heteroatoms. The van der Waals surface area contributed by atoms with Crippen LogP contribution in [0.4, 0.5) is 4.79 Å². The molecule has 96 valence electrons. The van der Waals surface area contributed by atoms with Gasteiger partial charge in [0.15, 0.2) is 0 Å². The smallest absolute Gasteiger partial charge is 0.325 e. The van der Waals surface area contributed by atoms with Crippen molar-refractivity contribution < 1.29 is 9.59 Å². The number of amides is 3. The Morgan fingerprint density at radius 2 is 1.89 bits per heavy atom. The molecule has 1 aromatic rings. The summed E-state index contributed by atoms with van der Waals surface area (Å²) in [6, 6.07) is 7.24. The molecule has 1 aliphatic heterocycles. The van der Waals surface area contributed by atoms with Crippen LogP contribution < -0.4 is 5.32 Å². The highest BCUT2D eigenvalue weighted by atomic mass is 16.2. The molecule has 0 aliphatic carbocycles. The molecule has 1 saturated heterocycles. The van der Waals surface area contributed by atoms with Crippen molar-refractivity contribution in [1.82, 2.24) is 10.2 Å². The van der Waals surface area contributed by atoms with Gasteiger partial charge in [0.25, 0.3) is 5.91 Å². The number of benzene rings is 1. The van der Waals surface area contributed by atoms with Gasteiger partial charge in [-0.2, -0.15) is 0 Å². The largest absolute Gasteiger partial charge is 0.326 e. The Balaban J connectivity index is 2.07. The summed E-state index contributed by atoms with van der Waals surface area (Å²) in [5.41, 5.74) is 2.14. The molecule has 0 aromatic heterocycles. The molecule has 0 bridgehead atoms. The van der Waals surface area contributed by atoms with Gasteiger partial charge >= 0.3 is 6.03 Å². The molecule has 2 rings (SSSR count). The molecule has 0 spiro atoms. The van der Waals surface area contributed by atoms with E-state index in [0.29, 0.717) is 13.0 Å². The highest BCUT2D eigenvalue weighted by molar-refractivity contribution is 6.04. The summed E-state index contributed by atoms with van der Waals surface area (Å²) >= 11 is 0. The number of urea groups is 1. The van der Waals surface area contributed by atoms with E-state index in [9.17, 15) is 9.59 Å². The van der Waals surface area contributed by atoms with E-state index in [-0.39, 0.29) is 18.0 Å². The number of nitrogens with zero attached hydrogens (tertiary/aromatic N) is 1. The van der Waals surface area contributed by atoms with Gasteiger partial charge in [0, 0.05) is 0 Å². The van der Waals surface area contributed by atoms with Gasteiger partial charge in [-0.3, -0.25) is 9.69 Å². The van der Waals surface area contributed by atoms with Gasteiger partial charge in [-0.05, 0) is 18.9 Å². The van der Waals surface area contributed by atoms with Crippen molar-refractivity contribution in [1.29, 1.82) is 0 Å². The van der Waals surface area contributed by atoms with Gasteiger partial charge in [0.1, 0.15) is 6.04 Å². The number of hydrogen-bond acceptors (Lipinski definition) is 2. The first kappa shape index (κ1) is 12.6. The average Bonchev–Trinajstić information content (AvgIpc) is 2.60. The van der Waals surface area contributed by atoms with Crippen molar-refractivity contribution >= 4 is 11.9 Å². The second-order valence-electron chi connectivity index (χ2n) is 4.70. The number of carbonyl (C=O) groups excluding carboxylic acids is 2. The van der Waals surface area contributed by atoms with Crippen LogP contribution in [0.1, 0.15) is 30.9 Å². The molecule has 1 atom stereocenters. The molecule has 0 saturated carbocycles. The predicted octanol–water partition coefficient (Wildman–Crippen LogP) is 2.22. The standard InChI is InChI=1S/C14H18N2O2/c1-3-4-12-13(17)16(14(18)15-12)9-11-7-5-10(2)6-8-11/h5-8,12H,3-4,9H2,1-2H3,(H,15,18). The van der Waals surface area contributed by atoms with Crippen LogP contribution in [0.15, 0.2) is 24.3 Å². The monoisotopic (exact) mass is 246 g/mol. The van der Waals surface area contributed by atoms with Crippen molar-refractivity contribution in [2.24, 2.45) is 0 Å². The van der Waals surface area contributed by atoms with Crippen LogP contribution in [0, 0.1) is 6.92 Å². The topological polar surface area (TPSA) is 49.4 Å². The van der Waals surface area contributed by atoms with E-state index >= 15 is 0 Å². The maximum absolute atomic E-state index is 12.0. The molecule has 1 N–H and O–H groups in total. The summed E-state index contributed by atoms with van der Waals surface area (Å²) in [6.07, 6.45) is 1.59. The summed E-state index contributed by atoms with van der Waals surface area (Å²) in [4.78, 5) is 25.1. The lowest BCUT2D eigenvalue weighted by Gasteiger charge is -2.13. The fourth-order valence-electron chi connectivity index (χ4n) is 2.09. The zero-order valence-electron chi connectivity index (χ0n) is 10.8. The van der Waals surface area contributed by atoms with E-state index < -0.39 is 0 Å². The van der Waals surface area contributed by atoms with Gasteiger partial charge in [-0.15, -0.1) is 0 Å². The zero-order valence-corrected chi connectivity index (χ0v) is 10.8. The molecule has 18 heavy (non-hydrogen) atoms. The number of rotatable bonds is 4. The number of carbonyl (C=O) groups is 2. The quantitative estimate of drug-likeness (QED) is 0.828. The lowest BCUT2D eigenvalue weighted by Crippen LogP contribution is -2.30. The SMILES string of the molecule is CCCC1NC(=O)N(Cc2ccc(C)cc2)C1=O. The molecule has 1 aromatic carbocycles. The van der Waals surface area contributed by atoms with Crippen molar-refractivity contribution in [2.75, 3.05) is 0 Å². The maximum atomic E-state index is 12.0. The lowest BCUT2D eigenvalue weighted by molar-refractivity contribution is -0.128. The van der Waals surface area contributed by atoms with Crippen molar-refractivity contribution in [2.45, 2.75) is 39.3 Å². The summed E-state index contributed by atoms with van der Waals surface area (Å²) in [7, 11) is 0. The van der Waals surface area contributed by atoms with Crippen LogP contribution in [-0.2, 0) is 11.3 Å². The van der Waals surface area contributed by atoms with E-state index in [4.69, 9.17) is 0 Å². The van der Waals surface area contributed by atoms with Crippen molar-refractivity contribution in [3.05, 3.63) is 35.4 Å². The second-order valence-corrected chi connectivity index (χ2v) is 4.70. The molecule has 4 nitrogen and oxygen atoms in total. The van der Waals surface area contributed by atoms with Crippen LogP contribution >= 0.6 is 0 Å². The van der Waals surface area contributed by atoms with Gasteiger partial charge in [-0.25, -0.2) is 4.79 Å². The third-order valence-corrected chi connectivity index (χ3v) is 3.15. The van der Waals surface area contributed by atoms with E-state index in [0.717, 1.165) is 12.0 Å². The first-order chi connectivity index (χ1) is 8.61. The summed E-state index contributed by atoms with van der Waals surface area (Å²) in [5, 5.41) is 2.72. The fraction of sp³-hybridized carbons (Fsp3) is 0.429. The van der Waals surface area contributed by atoms with E-state index in [1.807, 2.05) is 38.1 Å². The molecular weight excluding hydrogens is 228 g/mol. The van der Waals surface area contributed by atoms with E-state index in [1.54, 1.807) is 0 Å². The summed E-state index contributed by atoms with van der Waals surface area (Å²) in [6.45, 7) is 4.36. The van der Waals surface area contributed by atoms with Crippen LogP contribution in [0.2, 0.25) is 0 Å². The molecule has 3 amide bonds. The molecule has 1 fully saturated rings. The number of imide groups is 1. The van der Waals surface area contributed by atoms with Gasteiger partial charge in [-0.1, -0.05) is 43.2 Å². The number of nitrogens with one attached hydrogen (secondary N) is 1. The van der Waals surface area contributed by atoms with Crippen LogP contribution in [0.5, 0.6) is 0 Å². The Hall–Kier alpha value is -1.84. The first-order valence-corrected chi connectivity index (χ1v) is 6.29. The molecule has 1 aliphatic rings. The minimum absolute atomic E-state index is 0.109. The maximum Gasteiger partial charge on any atom is 0.325 e. The highest BCUT2D eigenvalue weighted by Crippen LogP contribution is 2.15. The van der Waals surface area contributed by atoms with Gasteiger partial charge < -0.3 is 5.32 Å². The minimum atomic E-state index is -0.340. The fourth-order valence-corrected chi connectivity index (χ4v) is 2.09. The minimum Gasteiger partial charge on any atom is -0.326 e. The third-order valence-electron chi connectivity index (χ3n) is 3.15. The molecule has 1 heterocycles. The summed E-state index contributed by atoms with van der Waals surface area (Å²) in [5.74, 6) is -0.109. The first-order valence-electron chi connectivity index (χ1n) is 6.29. The Labute approximate surface area is 107 Å². The van der Waals surface area contributed by atoms with Gasteiger partial charge in [0.2, 0.25) is 0 Å². The predicted molar refractivity (Wildman–Crippen MR) is 69.0 cm³/mol. The third kappa shape index (κ3) is 2.53. The Morgan fingerprint density at radius 1 is 1.22 bits per heavy atom. The Kier molecular flexibility index (Phi) is 3.65. The highest BCUT2D eigenvalue weighted by Gasteiger charge is 2.36. The van der Waals surface area contributed by atoms with Crippen LogP contribution in [0.3, 0.4) is 0 Å². The van der Waals surface area contributed by atoms with Crippen LogP contribution in [-0.4, -0.2) is 22.9 Å². The summed E-state index contributed by atoms with van der Waals surface area (Å²) < 4.78 is 0. The number of hydrogen-bond donors (Lipinski definition) is 1. The Morgan fingerprint density at radius 3 is 2.50 bits per heavy atom. The van der Waals surface area contributed by atoms with E-state index in [1.165, 1.54) is 10.5 Å².